The lowest BCUT2D eigenvalue weighted by atomic mass is 10.1. The average molecular weight is 296 g/mol. The molecule has 21 heavy (non-hydrogen) atoms. The molecule has 6 heteroatoms. The highest BCUT2D eigenvalue weighted by molar-refractivity contribution is 5.82. The predicted molar refractivity (Wildman–Crippen MR) is 75.6 cm³/mol. The molecule has 0 fully saturated rings. The molecule has 0 saturated carbocycles. The summed E-state index contributed by atoms with van der Waals surface area (Å²) in [6.07, 6.45) is 0.440. The minimum absolute atomic E-state index is 0.150. The van der Waals surface area contributed by atoms with Crippen molar-refractivity contribution in [3.05, 3.63) is 23.3 Å². The molecule has 0 radical (unpaired) electrons. The molecule has 1 rings (SSSR count). The zero-order valence-electron chi connectivity index (χ0n) is 12.4. The van der Waals surface area contributed by atoms with Gasteiger partial charge in [-0.15, -0.1) is 0 Å². The Morgan fingerprint density at radius 2 is 2.10 bits per heavy atom. The molecule has 0 bridgehead atoms. The maximum atomic E-state index is 11.4. The smallest absolute Gasteiger partial charge is 0.344 e. The minimum atomic E-state index is -0.531. The Hall–Kier alpha value is -2.08. The van der Waals surface area contributed by atoms with Crippen LogP contribution in [0, 0.1) is 0 Å². The number of ether oxygens (including phenoxy) is 3. The first kappa shape index (κ1) is 17.0. The first-order valence-electron chi connectivity index (χ1n) is 6.69. The summed E-state index contributed by atoms with van der Waals surface area (Å²) in [6.45, 7) is 5.04. The van der Waals surface area contributed by atoms with Gasteiger partial charge in [-0.25, -0.2) is 4.79 Å². The van der Waals surface area contributed by atoms with E-state index in [0.717, 1.165) is 0 Å². The van der Waals surface area contributed by atoms with Crippen molar-refractivity contribution in [1.82, 2.24) is 0 Å². The van der Waals surface area contributed by atoms with E-state index in [1.165, 1.54) is 6.07 Å². The van der Waals surface area contributed by atoms with Crippen LogP contribution in [-0.4, -0.2) is 36.7 Å². The van der Waals surface area contributed by atoms with Crippen molar-refractivity contribution in [2.24, 2.45) is 0 Å². The summed E-state index contributed by atoms with van der Waals surface area (Å²) in [5.41, 5.74) is 0.734. The van der Waals surface area contributed by atoms with Gasteiger partial charge in [0.15, 0.2) is 24.4 Å². The average Bonchev–Trinajstić information content (AvgIpc) is 2.44. The molecule has 0 atom stereocenters. The largest absolute Gasteiger partial charge is 0.487 e. The number of esters is 1. The van der Waals surface area contributed by atoms with Crippen LogP contribution in [0.5, 0.6) is 11.5 Å². The number of aliphatic hydroxyl groups excluding tert-OH is 1. The van der Waals surface area contributed by atoms with Crippen LogP contribution in [0.1, 0.15) is 36.7 Å². The van der Waals surface area contributed by atoms with Gasteiger partial charge in [0, 0.05) is 0 Å². The molecule has 1 aromatic rings. The topological polar surface area (TPSA) is 82.1 Å². The molecule has 0 aromatic heterocycles. The van der Waals surface area contributed by atoms with E-state index in [2.05, 4.69) is 0 Å². The highest BCUT2D eigenvalue weighted by Gasteiger charge is 2.16. The third kappa shape index (κ3) is 5.07. The second kappa shape index (κ2) is 8.26. The van der Waals surface area contributed by atoms with Crippen molar-refractivity contribution in [3.8, 4) is 11.5 Å². The van der Waals surface area contributed by atoms with Crippen molar-refractivity contribution in [2.75, 3.05) is 13.2 Å². The maximum absolute atomic E-state index is 11.4. The number of carbonyl (C=O) groups is 2. The molecule has 0 spiro atoms. The van der Waals surface area contributed by atoms with Crippen molar-refractivity contribution < 1.29 is 28.9 Å². The number of carbonyl (C=O) groups excluding carboxylic acids is 2. The third-order valence-corrected chi connectivity index (χ3v) is 2.46. The Morgan fingerprint density at radius 3 is 2.62 bits per heavy atom. The highest BCUT2D eigenvalue weighted by atomic mass is 16.6. The van der Waals surface area contributed by atoms with Gasteiger partial charge in [0.1, 0.15) is 0 Å². The van der Waals surface area contributed by atoms with E-state index >= 15 is 0 Å². The summed E-state index contributed by atoms with van der Waals surface area (Å²) in [6, 6.07) is 3.06. The molecule has 0 unspecified atom stereocenters. The standard InChI is InChI=1S/C15H20O6/c1-4-19-14(18)9-20-15-12(8-17)5-11(7-16)6-13(15)21-10(2)3/h5-6,8,10,16H,4,7,9H2,1-3H3. The van der Waals surface area contributed by atoms with Gasteiger partial charge in [0.05, 0.1) is 24.9 Å². The highest BCUT2D eigenvalue weighted by Crippen LogP contribution is 2.33. The lowest BCUT2D eigenvalue weighted by molar-refractivity contribution is -0.145. The molecule has 0 aliphatic carbocycles. The van der Waals surface area contributed by atoms with E-state index in [9.17, 15) is 14.7 Å². The van der Waals surface area contributed by atoms with Gasteiger partial charge in [0.2, 0.25) is 0 Å². The predicted octanol–water partition coefficient (Wildman–Crippen LogP) is 1.72. The summed E-state index contributed by atoms with van der Waals surface area (Å²) in [4.78, 5) is 22.5. The van der Waals surface area contributed by atoms with Crippen LogP contribution in [0.2, 0.25) is 0 Å². The molecule has 0 aliphatic rings. The van der Waals surface area contributed by atoms with E-state index in [0.29, 0.717) is 17.6 Å². The summed E-state index contributed by atoms with van der Waals surface area (Å²) >= 11 is 0. The molecule has 0 heterocycles. The number of hydrogen-bond donors (Lipinski definition) is 1. The van der Waals surface area contributed by atoms with E-state index in [1.54, 1.807) is 13.0 Å². The van der Waals surface area contributed by atoms with E-state index in [4.69, 9.17) is 14.2 Å². The molecule has 0 aliphatic heterocycles. The minimum Gasteiger partial charge on any atom is -0.487 e. The fourth-order valence-electron chi connectivity index (χ4n) is 1.69. The Morgan fingerprint density at radius 1 is 1.38 bits per heavy atom. The van der Waals surface area contributed by atoms with Crippen molar-refractivity contribution in [2.45, 2.75) is 33.5 Å². The van der Waals surface area contributed by atoms with Gasteiger partial charge >= 0.3 is 5.97 Å². The summed E-state index contributed by atoms with van der Waals surface area (Å²) in [5.74, 6) is -0.0528. The third-order valence-electron chi connectivity index (χ3n) is 2.46. The number of aldehydes is 1. The van der Waals surface area contributed by atoms with Crippen LogP contribution < -0.4 is 9.47 Å². The molecule has 1 N–H and O–H groups in total. The molecule has 0 amide bonds. The fourth-order valence-corrected chi connectivity index (χ4v) is 1.69. The molecule has 116 valence electrons. The summed E-state index contributed by atoms with van der Waals surface area (Å²) in [5, 5.41) is 9.21. The van der Waals surface area contributed by atoms with Crippen LogP contribution in [0.25, 0.3) is 0 Å². The SMILES string of the molecule is CCOC(=O)COc1c(C=O)cc(CO)cc1OC(C)C. The Bertz CT molecular complexity index is 495. The Balaban J connectivity index is 3.07. The first-order chi connectivity index (χ1) is 10.0. The Labute approximate surface area is 123 Å². The normalized spacial score (nSPS) is 10.3. The zero-order chi connectivity index (χ0) is 15.8. The second-order valence-electron chi connectivity index (χ2n) is 4.55. The molecular formula is C15H20O6. The summed E-state index contributed by atoms with van der Waals surface area (Å²) < 4.78 is 15.7. The maximum Gasteiger partial charge on any atom is 0.344 e. The van der Waals surface area contributed by atoms with Gasteiger partial charge in [-0.05, 0) is 38.5 Å². The van der Waals surface area contributed by atoms with Crippen molar-refractivity contribution in [3.63, 3.8) is 0 Å². The van der Waals surface area contributed by atoms with Crippen LogP contribution in [0.4, 0.5) is 0 Å². The van der Waals surface area contributed by atoms with Crippen molar-refractivity contribution in [1.29, 1.82) is 0 Å². The van der Waals surface area contributed by atoms with Crippen LogP contribution in [0.15, 0.2) is 12.1 Å². The van der Waals surface area contributed by atoms with Crippen LogP contribution in [0.3, 0.4) is 0 Å². The molecular weight excluding hydrogens is 276 g/mol. The Kier molecular flexibility index (Phi) is 6.68. The monoisotopic (exact) mass is 296 g/mol. The van der Waals surface area contributed by atoms with Gasteiger partial charge in [-0.1, -0.05) is 0 Å². The molecule has 0 saturated heterocycles. The van der Waals surface area contributed by atoms with Gasteiger partial charge < -0.3 is 19.3 Å². The molecule has 6 nitrogen and oxygen atoms in total. The lowest BCUT2D eigenvalue weighted by Crippen LogP contribution is -2.16. The summed E-state index contributed by atoms with van der Waals surface area (Å²) in [7, 11) is 0. The van der Waals surface area contributed by atoms with Crippen LogP contribution in [-0.2, 0) is 16.1 Å². The van der Waals surface area contributed by atoms with Gasteiger partial charge in [-0.2, -0.15) is 0 Å². The first-order valence-corrected chi connectivity index (χ1v) is 6.69. The van der Waals surface area contributed by atoms with E-state index in [1.807, 2.05) is 13.8 Å². The van der Waals surface area contributed by atoms with Crippen LogP contribution >= 0.6 is 0 Å². The molecule has 1 aromatic carbocycles. The number of hydrogen-bond acceptors (Lipinski definition) is 6. The van der Waals surface area contributed by atoms with E-state index < -0.39 is 5.97 Å². The fraction of sp³-hybridized carbons (Fsp3) is 0.467. The van der Waals surface area contributed by atoms with E-state index in [-0.39, 0.29) is 37.2 Å². The van der Waals surface area contributed by atoms with Crippen molar-refractivity contribution >= 4 is 12.3 Å². The number of rotatable bonds is 8. The number of benzene rings is 1. The quantitative estimate of drug-likeness (QED) is 0.581. The number of aliphatic hydroxyl groups is 1. The second-order valence-corrected chi connectivity index (χ2v) is 4.55. The van der Waals surface area contributed by atoms with Gasteiger partial charge in [-0.3, -0.25) is 4.79 Å². The lowest BCUT2D eigenvalue weighted by Gasteiger charge is -2.17. The van der Waals surface area contributed by atoms with Gasteiger partial charge in [0.25, 0.3) is 0 Å². The zero-order valence-corrected chi connectivity index (χ0v) is 12.4.